The molecule has 1 aliphatic carbocycles. The number of anilines is 1. The highest BCUT2D eigenvalue weighted by Gasteiger charge is 2.28. The van der Waals surface area contributed by atoms with Crippen LogP contribution >= 0.6 is 0 Å². The number of rotatable bonds is 6. The van der Waals surface area contributed by atoms with Gasteiger partial charge < -0.3 is 10.3 Å². The molecule has 6 rings (SSSR count). The summed E-state index contributed by atoms with van der Waals surface area (Å²) in [6.07, 6.45) is 9.80. The quantitative estimate of drug-likeness (QED) is 0.450. The summed E-state index contributed by atoms with van der Waals surface area (Å²) in [5.74, 6) is 1.50. The van der Waals surface area contributed by atoms with Gasteiger partial charge in [0.15, 0.2) is 0 Å². The maximum Gasteiger partial charge on any atom is 0.220 e. The molecule has 35 heavy (non-hydrogen) atoms. The van der Waals surface area contributed by atoms with Crippen molar-refractivity contribution < 1.29 is 4.39 Å². The van der Waals surface area contributed by atoms with E-state index >= 15 is 0 Å². The molecular formula is C26H27FN8. The van der Waals surface area contributed by atoms with Gasteiger partial charge in [0.25, 0.3) is 0 Å². The first kappa shape index (κ1) is 21.8. The molecule has 2 fully saturated rings. The van der Waals surface area contributed by atoms with Crippen LogP contribution in [-0.4, -0.2) is 47.5 Å². The minimum Gasteiger partial charge on any atom is -0.368 e. The van der Waals surface area contributed by atoms with Gasteiger partial charge in [-0.05, 0) is 62.1 Å². The first-order valence-electron chi connectivity index (χ1n) is 12.1. The summed E-state index contributed by atoms with van der Waals surface area (Å²) in [5, 5.41) is 0. The van der Waals surface area contributed by atoms with E-state index in [9.17, 15) is 4.39 Å². The van der Waals surface area contributed by atoms with Crippen LogP contribution in [0, 0.1) is 5.82 Å². The van der Waals surface area contributed by atoms with Gasteiger partial charge in [0.2, 0.25) is 5.95 Å². The molecular weight excluding hydrogens is 443 g/mol. The third-order valence-electron chi connectivity index (χ3n) is 6.84. The predicted molar refractivity (Wildman–Crippen MR) is 131 cm³/mol. The Bertz CT molecular complexity index is 1320. The number of aromatic nitrogens is 6. The van der Waals surface area contributed by atoms with Crippen LogP contribution in [0.3, 0.4) is 0 Å². The fourth-order valence-corrected chi connectivity index (χ4v) is 4.84. The molecule has 4 aromatic rings. The molecule has 178 valence electrons. The van der Waals surface area contributed by atoms with Crippen molar-refractivity contribution >= 4 is 5.95 Å². The lowest BCUT2D eigenvalue weighted by molar-refractivity contribution is 0.178. The van der Waals surface area contributed by atoms with Crippen molar-refractivity contribution in [3.05, 3.63) is 72.5 Å². The lowest BCUT2D eigenvalue weighted by atomic mass is 10.0. The second-order valence-corrected chi connectivity index (χ2v) is 9.34. The smallest absolute Gasteiger partial charge is 0.220 e. The molecule has 0 spiro atoms. The molecule has 9 heteroatoms. The lowest BCUT2D eigenvalue weighted by Gasteiger charge is -2.33. The van der Waals surface area contributed by atoms with E-state index in [1.807, 2.05) is 24.7 Å². The number of imidazole rings is 1. The summed E-state index contributed by atoms with van der Waals surface area (Å²) < 4.78 is 15.8. The van der Waals surface area contributed by atoms with E-state index < -0.39 is 0 Å². The van der Waals surface area contributed by atoms with Crippen LogP contribution < -0.4 is 5.73 Å². The second kappa shape index (κ2) is 9.14. The lowest BCUT2D eigenvalue weighted by Crippen LogP contribution is -2.34. The Morgan fingerprint density at radius 3 is 2.40 bits per heavy atom. The molecule has 0 atom stereocenters. The summed E-state index contributed by atoms with van der Waals surface area (Å²) in [5.41, 5.74) is 10.2. The first-order valence-corrected chi connectivity index (χ1v) is 12.1. The van der Waals surface area contributed by atoms with Crippen molar-refractivity contribution in [1.82, 2.24) is 34.4 Å². The van der Waals surface area contributed by atoms with Gasteiger partial charge >= 0.3 is 0 Å². The maximum absolute atomic E-state index is 13.6. The number of nitrogen functional groups attached to an aromatic ring is 1. The van der Waals surface area contributed by atoms with Crippen LogP contribution in [-0.2, 0) is 6.54 Å². The van der Waals surface area contributed by atoms with Crippen molar-refractivity contribution in [2.45, 2.75) is 44.2 Å². The molecule has 1 saturated heterocycles. The van der Waals surface area contributed by atoms with Crippen LogP contribution in [0.1, 0.15) is 49.2 Å². The molecule has 2 aliphatic rings. The van der Waals surface area contributed by atoms with E-state index in [0.29, 0.717) is 11.6 Å². The monoisotopic (exact) mass is 470 g/mol. The Morgan fingerprint density at radius 2 is 1.66 bits per heavy atom. The highest BCUT2D eigenvalue weighted by atomic mass is 19.1. The van der Waals surface area contributed by atoms with Gasteiger partial charge in [-0.15, -0.1) is 0 Å². The minimum absolute atomic E-state index is 0.213. The summed E-state index contributed by atoms with van der Waals surface area (Å²) in [4.78, 5) is 24.9. The van der Waals surface area contributed by atoms with Gasteiger partial charge in [-0.2, -0.15) is 0 Å². The Hall–Kier alpha value is -3.72. The van der Waals surface area contributed by atoms with Gasteiger partial charge in [-0.3, -0.25) is 4.90 Å². The second-order valence-electron chi connectivity index (χ2n) is 9.34. The highest BCUT2D eigenvalue weighted by Crippen LogP contribution is 2.38. The standard InChI is InChI=1S/C26H27FN8/c27-19-5-3-17(4-6-19)23-24(22-8-12-30-26(28)33-22)35(16-31-23)21-9-13-34(14-10-21)15-20-7-11-29-25(32-20)18-1-2-18/h3-8,11-12,16,18,21H,1-2,9-10,13-15H2,(H2,28,30,33). The van der Waals surface area contributed by atoms with E-state index in [1.54, 1.807) is 18.3 Å². The number of benzene rings is 1. The Balaban J connectivity index is 1.24. The van der Waals surface area contributed by atoms with E-state index in [2.05, 4.69) is 24.4 Å². The predicted octanol–water partition coefficient (Wildman–Crippen LogP) is 4.23. The molecule has 0 unspecified atom stereocenters. The molecule has 0 amide bonds. The van der Waals surface area contributed by atoms with Gasteiger partial charge in [-0.25, -0.2) is 29.3 Å². The van der Waals surface area contributed by atoms with Crippen molar-refractivity contribution in [3.63, 3.8) is 0 Å². The first-order chi connectivity index (χ1) is 17.1. The Labute approximate surface area is 203 Å². The number of nitrogens with zero attached hydrogens (tertiary/aromatic N) is 7. The van der Waals surface area contributed by atoms with E-state index in [1.165, 1.54) is 25.0 Å². The van der Waals surface area contributed by atoms with Crippen molar-refractivity contribution in [2.75, 3.05) is 18.8 Å². The molecule has 0 bridgehead atoms. The van der Waals surface area contributed by atoms with Gasteiger partial charge in [-0.1, -0.05) is 0 Å². The molecule has 1 saturated carbocycles. The van der Waals surface area contributed by atoms with Crippen LogP contribution in [0.5, 0.6) is 0 Å². The summed E-state index contributed by atoms with van der Waals surface area (Å²) in [7, 11) is 0. The molecule has 4 heterocycles. The van der Waals surface area contributed by atoms with Gasteiger partial charge in [0.1, 0.15) is 11.6 Å². The van der Waals surface area contributed by atoms with Crippen LogP contribution in [0.25, 0.3) is 22.6 Å². The SMILES string of the molecule is Nc1nccc(-c2c(-c3ccc(F)cc3)ncn2C2CCN(Cc3ccnc(C4CC4)n3)CC2)n1. The van der Waals surface area contributed by atoms with Crippen LogP contribution in [0.2, 0.25) is 0 Å². The number of halogens is 1. The molecule has 3 aromatic heterocycles. The maximum atomic E-state index is 13.6. The van der Waals surface area contributed by atoms with Crippen molar-refractivity contribution in [1.29, 1.82) is 0 Å². The van der Waals surface area contributed by atoms with Gasteiger partial charge in [0, 0.05) is 49.6 Å². The zero-order chi connectivity index (χ0) is 23.8. The number of nitrogens with two attached hydrogens (primary N) is 1. The molecule has 2 N–H and O–H groups in total. The minimum atomic E-state index is -0.277. The van der Waals surface area contributed by atoms with Crippen LogP contribution in [0.15, 0.2) is 55.1 Å². The number of hydrogen-bond acceptors (Lipinski definition) is 7. The highest BCUT2D eigenvalue weighted by molar-refractivity contribution is 5.77. The van der Waals surface area contributed by atoms with E-state index in [0.717, 1.165) is 60.9 Å². The zero-order valence-corrected chi connectivity index (χ0v) is 19.4. The number of piperidine rings is 1. The molecule has 8 nitrogen and oxygen atoms in total. The third-order valence-corrected chi connectivity index (χ3v) is 6.84. The summed E-state index contributed by atoms with van der Waals surface area (Å²) >= 11 is 0. The third kappa shape index (κ3) is 4.64. The number of likely N-dealkylation sites (tertiary alicyclic amines) is 1. The Morgan fingerprint density at radius 1 is 0.886 bits per heavy atom. The average molecular weight is 471 g/mol. The molecule has 1 aliphatic heterocycles. The molecule has 1 aromatic carbocycles. The Kier molecular flexibility index (Phi) is 5.69. The summed E-state index contributed by atoms with van der Waals surface area (Å²) in [6, 6.07) is 10.5. The fraction of sp³-hybridized carbons (Fsp3) is 0.346. The summed E-state index contributed by atoms with van der Waals surface area (Å²) in [6.45, 7) is 2.76. The van der Waals surface area contributed by atoms with Crippen LogP contribution in [0.4, 0.5) is 10.3 Å². The normalized spacial score (nSPS) is 17.1. The van der Waals surface area contributed by atoms with Crippen molar-refractivity contribution in [2.24, 2.45) is 0 Å². The fourth-order valence-electron chi connectivity index (χ4n) is 4.84. The topological polar surface area (TPSA) is 98.6 Å². The zero-order valence-electron chi connectivity index (χ0n) is 19.4. The van der Waals surface area contributed by atoms with E-state index in [-0.39, 0.29) is 17.8 Å². The van der Waals surface area contributed by atoms with E-state index in [4.69, 9.17) is 15.7 Å². The largest absolute Gasteiger partial charge is 0.368 e. The van der Waals surface area contributed by atoms with Crippen molar-refractivity contribution in [3.8, 4) is 22.6 Å². The average Bonchev–Trinajstić information content (AvgIpc) is 3.64. The molecule has 0 radical (unpaired) electrons. The number of hydrogen-bond donors (Lipinski definition) is 1. The van der Waals surface area contributed by atoms with Gasteiger partial charge in [0.05, 0.1) is 29.1 Å².